The fourth-order valence-corrected chi connectivity index (χ4v) is 2.16. The lowest BCUT2D eigenvalue weighted by molar-refractivity contribution is -0.127. The van der Waals surface area contributed by atoms with Gasteiger partial charge in [-0.2, -0.15) is 0 Å². The topological polar surface area (TPSA) is 64.2 Å². The zero-order valence-corrected chi connectivity index (χ0v) is 9.05. The number of imidazole rings is 1. The van der Waals surface area contributed by atoms with E-state index in [0.29, 0.717) is 6.42 Å². The van der Waals surface area contributed by atoms with Crippen LogP contribution in [-0.4, -0.2) is 33.4 Å². The summed E-state index contributed by atoms with van der Waals surface area (Å²) in [6.45, 7) is 2.90. The van der Waals surface area contributed by atoms with Gasteiger partial charge in [0.2, 0.25) is 5.91 Å². The molecule has 1 amide bonds. The molecule has 1 aliphatic heterocycles. The molecule has 5 nitrogen and oxygen atoms in total. The first-order valence-corrected chi connectivity index (χ1v) is 5.16. The molecule has 2 heterocycles. The number of carbonyl (C=O) groups is 1. The van der Waals surface area contributed by atoms with E-state index in [2.05, 4.69) is 4.98 Å². The van der Waals surface area contributed by atoms with E-state index in [0.717, 1.165) is 12.2 Å². The van der Waals surface area contributed by atoms with Crippen molar-refractivity contribution in [2.24, 2.45) is 5.73 Å². The van der Waals surface area contributed by atoms with Crippen molar-refractivity contribution < 1.29 is 4.79 Å². The molecule has 1 fully saturated rings. The monoisotopic (exact) mass is 208 g/mol. The largest absolute Gasteiger partial charge is 0.336 e. The molecule has 2 N–H and O–H groups in total. The molecular formula is C10H16N4O. The number of carbonyl (C=O) groups excluding carboxylic acids is 1. The van der Waals surface area contributed by atoms with E-state index in [-0.39, 0.29) is 18.0 Å². The van der Waals surface area contributed by atoms with Crippen molar-refractivity contribution in [3.05, 3.63) is 18.2 Å². The maximum Gasteiger partial charge on any atom is 0.224 e. The molecule has 2 atom stereocenters. The fraction of sp³-hybridized carbons (Fsp3) is 0.600. The molecule has 0 bridgehead atoms. The van der Waals surface area contributed by atoms with E-state index >= 15 is 0 Å². The molecule has 5 heteroatoms. The standard InChI is InChI=1S/C10H16N4O/c1-3-14-6-12-5-8(14)10-7(11)4-9(15)13(10)2/h5-7,10H,3-4,11H2,1-2H3. The van der Waals surface area contributed by atoms with E-state index in [9.17, 15) is 4.79 Å². The SMILES string of the molecule is CCn1cncc1C1C(N)CC(=O)N1C. The minimum atomic E-state index is -0.121. The van der Waals surface area contributed by atoms with Gasteiger partial charge in [-0.15, -0.1) is 0 Å². The number of amides is 1. The predicted octanol–water partition coefficient (Wildman–Crippen LogP) is 0.133. The van der Waals surface area contributed by atoms with Crippen LogP contribution in [0, 0.1) is 0 Å². The summed E-state index contributed by atoms with van der Waals surface area (Å²) in [7, 11) is 1.80. The number of likely N-dealkylation sites (tertiary alicyclic amines) is 1. The number of nitrogens with zero attached hydrogens (tertiary/aromatic N) is 3. The van der Waals surface area contributed by atoms with E-state index in [1.165, 1.54) is 0 Å². The number of likely N-dealkylation sites (N-methyl/N-ethyl adjacent to an activating group) is 1. The van der Waals surface area contributed by atoms with Gasteiger partial charge in [0.1, 0.15) is 0 Å². The van der Waals surface area contributed by atoms with E-state index < -0.39 is 0 Å². The van der Waals surface area contributed by atoms with Gasteiger partial charge < -0.3 is 15.2 Å². The molecule has 2 unspecified atom stereocenters. The first-order chi connectivity index (χ1) is 7.15. The van der Waals surface area contributed by atoms with Crippen LogP contribution in [-0.2, 0) is 11.3 Å². The number of hydrogen-bond donors (Lipinski definition) is 1. The van der Waals surface area contributed by atoms with Crippen LogP contribution in [0.1, 0.15) is 25.1 Å². The third-order valence-corrected chi connectivity index (χ3v) is 3.01. The number of rotatable bonds is 2. The van der Waals surface area contributed by atoms with Crippen molar-refractivity contribution in [2.45, 2.75) is 32.0 Å². The minimum absolute atomic E-state index is 0.0278. The van der Waals surface area contributed by atoms with Gasteiger partial charge in [-0.1, -0.05) is 0 Å². The highest BCUT2D eigenvalue weighted by molar-refractivity contribution is 5.79. The smallest absolute Gasteiger partial charge is 0.224 e. The van der Waals surface area contributed by atoms with Gasteiger partial charge in [-0.3, -0.25) is 4.79 Å². The molecule has 82 valence electrons. The average molecular weight is 208 g/mol. The van der Waals surface area contributed by atoms with Gasteiger partial charge in [-0.25, -0.2) is 4.98 Å². The normalized spacial score (nSPS) is 26.3. The minimum Gasteiger partial charge on any atom is -0.336 e. The highest BCUT2D eigenvalue weighted by atomic mass is 16.2. The van der Waals surface area contributed by atoms with Crippen molar-refractivity contribution >= 4 is 5.91 Å². The maximum atomic E-state index is 11.5. The molecule has 15 heavy (non-hydrogen) atoms. The average Bonchev–Trinajstić information content (AvgIpc) is 2.73. The van der Waals surface area contributed by atoms with Gasteiger partial charge in [-0.05, 0) is 6.92 Å². The van der Waals surface area contributed by atoms with Gasteiger partial charge >= 0.3 is 0 Å². The third kappa shape index (κ3) is 1.52. The van der Waals surface area contributed by atoms with Crippen LogP contribution < -0.4 is 5.73 Å². The van der Waals surface area contributed by atoms with Crippen LogP contribution >= 0.6 is 0 Å². The van der Waals surface area contributed by atoms with Gasteiger partial charge in [0.05, 0.1) is 24.3 Å². The Balaban J connectivity index is 2.34. The highest BCUT2D eigenvalue weighted by Crippen LogP contribution is 2.30. The lowest BCUT2D eigenvalue weighted by Crippen LogP contribution is -2.31. The maximum absolute atomic E-state index is 11.5. The number of nitrogens with two attached hydrogens (primary N) is 1. The Hall–Kier alpha value is -1.36. The van der Waals surface area contributed by atoms with Crippen molar-refractivity contribution in [2.75, 3.05) is 7.05 Å². The highest BCUT2D eigenvalue weighted by Gasteiger charge is 2.37. The molecule has 0 spiro atoms. The third-order valence-electron chi connectivity index (χ3n) is 3.01. The van der Waals surface area contributed by atoms with Crippen LogP contribution in [0.5, 0.6) is 0 Å². The molecule has 0 aliphatic carbocycles. The lowest BCUT2D eigenvalue weighted by atomic mass is 10.1. The molecule has 0 radical (unpaired) electrons. The van der Waals surface area contributed by atoms with E-state index in [1.807, 2.05) is 11.5 Å². The quantitative estimate of drug-likeness (QED) is 0.751. The van der Waals surface area contributed by atoms with Crippen molar-refractivity contribution in [3.8, 4) is 0 Å². The Morgan fingerprint density at radius 2 is 2.40 bits per heavy atom. The van der Waals surface area contributed by atoms with Crippen LogP contribution in [0.3, 0.4) is 0 Å². The molecular weight excluding hydrogens is 192 g/mol. The summed E-state index contributed by atoms with van der Waals surface area (Å²) in [5.74, 6) is 0.108. The molecule has 0 saturated carbocycles. The Morgan fingerprint density at radius 3 is 2.93 bits per heavy atom. The predicted molar refractivity (Wildman–Crippen MR) is 56.0 cm³/mol. The lowest BCUT2D eigenvalue weighted by Gasteiger charge is -2.23. The second-order valence-corrected chi connectivity index (χ2v) is 3.92. The summed E-state index contributed by atoms with van der Waals surface area (Å²) in [6, 6.07) is -0.149. The molecule has 1 aliphatic rings. The Labute approximate surface area is 88.9 Å². The van der Waals surface area contributed by atoms with Crippen LogP contribution in [0.4, 0.5) is 0 Å². The number of aryl methyl sites for hydroxylation is 1. The summed E-state index contributed by atoms with van der Waals surface area (Å²) in [4.78, 5) is 17.3. The second-order valence-electron chi connectivity index (χ2n) is 3.92. The number of hydrogen-bond acceptors (Lipinski definition) is 3. The summed E-state index contributed by atoms with van der Waals surface area (Å²) in [5, 5.41) is 0. The van der Waals surface area contributed by atoms with Gasteiger partial charge in [0.25, 0.3) is 0 Å². The number of aromatic nitrogens is 2. The van der Waals surface area contributed by atoms with Gasteiger partial charge in [0.15, 0.2) is 0 Å². The molecule has 1 aromatic heterocycles. The Bertz CT molecular complexity index is 373. The molecule has 1 saturated heterocycles. The van der Waals surface area contributed by atoms with E-state index in [1.54, 1.807) is 24.5 Å². The zero-order valence-electron chi connectivity index (χ0n) is 9.05. The summed E-state index contributed by atoms with van der Waals surface area (Å²) in [5.41, 5.74) is 7.00. The first-order valence-electron chi connectivity index (χ1n) is 5.16. The Morgan fingerprint density at radius 1 is 1.67 bits per heavy atom. The Kier molecular flexibility index (Phi) is 2.48. The summed E-state index contributed by atoms with van der Waals surface area (Å²) in [6.07, 6.45) is 4.00. The van der Waals surface area contributed by atoms with Crippen LogP contribution in [0.2, 0.25) is 0 Å². The molecule has 2 rings (SSSR count). The van der Waals surface area contributed by atoms with Crippen LogP contribution in [0.15, 0.2) is 12.5 Å². The van der Waals surface area contributed by atoms with Crippen LogP contribution in [0.25, 0.3) is 0 Å². The fourth-order valence-electron chi connectivity index (χ4n) is 2.16. The van der Waals surface area contributed by atoms with Crippen molar-refractivity contribution in [3.63, 3.8) is 0 Å². The summed E-state index contributed by atoms with van der Waals surface area (Å²) >= 11 is 0. The molecule has 1 aromatic rings. The second kappa shape index (κ2) is 3.66. The zero-order chi connectivity index (χ0) is 11.0. The van der Waals surface area contributed by atoms with Crippen molar-refractivity contribution in [1.82, 2.24) is 14.5 Å². The van der Waals surface area contributed by atoms with Gasteiger partial charge in [0, 0.05) is 26.1 Å². The molecule has 0 aromatic carbocycles. The summed E-state index contributed by atoms with van der Waals surface area (Å²) < 4.78 is 2.03. The van der Waals surface area contributed by atoms with E-state index in [4.69, 9.17) is 5.73 Å². The van der Waals surface area contributed by atoms with Crippen molar-refractivity contribution in [1.29, 1.82) is 0 Å². The first kappa shape index (κ1) is 10.2.